The lowest BCUT2D eigenvalue weighted by molar-refractivity contribution is -0.139. The van der Waals surface area contributed by atoms with Crippen LogP contribution in [0.2, 0.25) is 5.02 Å². The third-order valence-electron chi connectivity index (χ3n) is 6.79. The molecule has 3 N–H and O–H groups in total. The third-order valence-corrected chi connectivity index (χ3v) is 7.03. The van der Waals surface area contributed by atoms with E-state index in [-0.39, 0.29) is 17.7 Å². The molecule has 194 valence electrons. The quantitative estimate of drug-likeness (QED) is 0.272. The van der Waals surface area contributed by atoms with Gasteiger partial charge in [-0.25, -0.2) is 19.7 Å². The van der Waals surface area contributed by atoms with E-state index >= 15 is 0 Å². The molecule has 0 spiro atoms. The Morgan fingerprint density at radius 1 is 1.11 bits per heavy atom. The van der Waals surface area contributed by atoms with E-state index < -0.39 is 12.6 Å². The zero-order chi connectivity index (χ0) is 26.2. The van der Waals surface area contributed by atoms with Gasteiger partial charge in [0, 0.05) is 29.4 Å². The summed E-state index contributed by atoms with van der Waals surface area (Å²) in [5, 5.41) is 15.5. The average Bonchev–Trinajstić information content (AvgIpc) is 3.83. The number of ether oxygens (including phenoxy) is 1. The molecule has 0 aliphatic heterocycles. The number of nitrogens with one attached hydrogen (secondary N) is 2. The molecule has 11 heteroatoms. The first-order valence-corrected chi connectivity index (χ1v) is 12.8. The van der Waals surface area contributed by atoms with Crippen LogP contribution in [0.5, 0.6) is 5.75 Å². The van der Waals surface area contributed by atoms with Gasteiger partial charge < -0.3 is 24.9 Å². The van der Waals surface area contributed by atoms with Crippen LogP contribution in [0, 0.1) is 5.92 Å². The van der Waals surface area contributed by atoms with Crippen LogP contribution in [0.4, 0.5) is 11.6 Å². The fourth-order valence-corrected chi connectivity index (χ4v) is 4.82. The maximum atomic E-state index is 12.9. The Balaban J connectivity index is 1.07. The van der Waals surface area contributed by atoms with Gasteiger partial charge in [0.1, 0.15) is 29.4 Å². The molecule has 4 aromatic rings. The molecule has 10 nitrogen and oxygen atoms in total. The number of hydrogen-bond donors (Lipinski definition) is 3. The van der Waals surface area contributed by atoms with Crippen molar-refractivity contribution in [2.75, 3.05) is 17.2 Å². The van der Waals surface area contributed by atoms with Crippen molar-refractivity contribution in [3.05, 3.63) is 77.0 Å². The first-order chi connectivity index (χ1) is 18.4. The van der Waals surface area contributed by atoms with Gasteiger partial charge in [-0.3, -0.25) is 4.79 Å². The van der Waals surface area contributed by atoms with Crippen LogP contribution in [0.15, 0.2) is 55.1 Å². The van der Waals surface area contributed by atoms with E-state index in [1.165, 1.54) is 24.7 Å². The number of rotatable bonds is 10. The molecule has 3 heterocycles. The van der Waals surface area contributed by atoms with Crippen LogP contribution in [-0.4, -0.2) is 42.9 Å². The van der Waals surface area contributed by atoms with E-state index in [0.29, 0.717) is 41.3 Å². The van der Waals surface area contributed by atoms with Crippen LogP contribution in [-0.2, 0) is 16.1 Å². The summed E-state index contributed by atoms with van der Waals surface area (Å²) < 4.78 is 7.45. The number of aromatic nitrogens is 4. The average molecular weight is 533 g/mol. The number of aliphatic carboxylic acids is 1. The Kier molecular flexibility index (Phi) is 6.32. The van der Waals surface area contributed by atoms with Gasteiger partial charge >= 0.3 is 5.97 Å². The summed E-state index contributed by atoms with van der Waals surface area (Å²) in [5.41, 5.74) is 3.85. The number of carbonyl (C=O) groups is 2. The molecule has 1 aromatic carbocycles. The number of nitrogens with zero attached hydrogens (tertiary/aromatic N) is 4. The highest BCUT2D eigenvalue weighted by atomic mass is 35.5. The number of benzene rings is 1. The SMILES string of the molecule is O=C(O)COc1ccc(Cl)cc1[C@H]1C[C@@H]1C(=O)Nc1cc(NCc2cn3cc(C4CC4)ccc3n2)ncn1. The lowest BCUT2D eigenvalue weighted by atomic mass is 10.1. The van der Waals surface area contributed by atoms with Crippen LogP contribution in [0.1, 0.15) is 47.9 Å². The van der Waals surface area contributed by atoms with E-state index in [4.69, 9.17) is 21.4 Å². The van der Waals surface area contributed by atoms with Gasteiger partial charge in [-0.15, -0.1) is 0 Å². The summed E-state index contributed by atoms with van der Waals surface area (Å²) in [5.74, 6) is 0.373. The molecule has 3 aromatic heterocycles. The van der Waals surface area contributed by atoms with Crippen molar-refractivity contribution in [2.24, 2.45) is 5.92 Å². The van der Waals surface area contributed by atoms with Crippen LogP contribution in [0.3, 0.4) is 0 Å². The molecule has 2 saturated carbocycles. The molecule has 6 rings (SSSR count). The molecular formula is C27H25ClN6O4. The van der Waals surface area contributed by atoms with E-state index in [9.17, 15) is 9.59 Å². The minimum atomic E-state index is -1.08. The van der Waals surface area contributed by atoms with Crippen LogP contribution < -0.4 is 15.4 Å². The maximum Gasteiger partial charge on any atom is 0.341 e. The van der Waals surface area contributed by atoms with Gasteiger partial charge in [0.2, 0.25) is 5.91 Å². The molecule has 0 saturated heterocycles. The summed E-state index contributed by atoms with van der Waals surface area (Å²) in [6.45, 7) is 0.00875. The van der Waals surface area contributed by atoms with Crippen molar-refractivity contribution < 1.29 is 19.4 Å². The molecular weight excluding hydrogens is 508 g/mol. The minimum absolute atomic E-state index is 0.118. The second-order valence-corrected chi connectivity index (χ2v) is 10.1. The number of carboxylic acid groups (broad SMARTS) is 1. The predicted octanol–water partition coefficient (Wildman–Crippen LogP) is 4.47. The van der Waals surface area contributed by atoms with Crippen molar-refractivity contribution in [1.29, 1.82) is 0 Å². The first-order valence-electron chi connectivity index (χ1n) is 12.4. The Morgan fingerprint density at radius 3 is 2.76 bits per heavy atom. The van der Waals surface area contributed by atoms with Crippen LogP contribution >= 0.6 is 11.6 Å². The van der Waals surface area contributed by atoms with E-state index in [1.54, 1.807) is 24.3 Å². The van der Waals surface area contributed by atoms with Crippen molar-refractivity contribution >= 4 is 40.8 Å². The zero-order valence-corrected chi connectivity index (χ0v) is 21.1. The maximum absolute atomic E-state index is 12.9. The summed E-state index contributed by atoms with van der Waals surface area (Å²) >= 11 is 6.14. The predicted molar refractivity (Wildman–Crippen MR) is 141 cm³/mol. The van der Waals surface area contributed by atoms with Crippen molar-refractivity contribution in [3.63, 3.8) is 0 Å². The second-order valence-electron chi connectivity index (χ2n) is 9.68. The number of pyridine rings is 1. The van der Waals surface area contributed by atoms with Crippen molar-refractivity contribution in [2.45, 2.75) is 37.6 Å². The third kappa shape index (κ3) is 5.40. The largest absolute Gasteiger partial charge is 0.482 e. The van der Waals surface area contributed by atoms with Gasteiger partial charge in [-0.2, -0.15) is 0 Å². The fourth-order valence-electron chi connectivity index (χ4n) is 4.64. The molecule has 2 fully saturated rings. The van der Waals surface area contributed by atoms with Gasteiger partial charge in [0.25, 0.3) is 0 Å². The normalized spacial score (nSPS) is 18.2. The Bertz CT molecular complexity index is 1540. The topological polar surface area (TPSA) is 131 Å². The summed E-state index contributed by atoms with van der Waals surface area (Å²) in [4.78, 5) is 36.9. The van der Waals surface area contributed by atoms with Crippen LogP contribution in [0.25, 0.3) is 5.65 Å². The standard InChI is InChI=1S/C27H25ClN6O4/c28-17-4-5-22(38-13-26(35)36)20(7-17)19-8-21(19)27(37)33-24-9-23(30-14-31-24)29-10-18-12-34-11-16(15-1-2-15)3-6-25(34)32-18/h3-7,9,11-12,14-15,19,21H,1-2,8,10,13H2,(H,35,36)(H2,29,30,31,33,37)/t19-,21+/m1/s1. The Morgan fingerprint density at radius 2 is 1.95 bits per heavy atom. The monoisotopic (exact) mass is 532 g/mol. The minimum Gasteiger partial charge on any atom is -0.482 e. The zero-order valence-electron chi connectivity index (χ0n) is 20.3. The molecule has 0 radical (unpaired) electrons. The molecule has 1 amide bonds. The number of imidazole rings is 1. The Labute approximate surface area is 223 Å². The molecule has 2 aliphatic rings. The number of hydrogen-bond acceptors (Lipinski definition) is 7. The lowest BCUT2D eigenvalue weighted by Gasteiger charge is -2.11. The molecule has 0 unspecified atom stereocenters. The number of carboxylic acids is 1. The van der Waals surface area contributed by atoms with Crippen molar-refractivity contribution in [3.8, 4) is 5.75 Å². The summed E-state index contributed by atoms with van der Waals surface area (Å²) in [7, 11) is 0. The van der Waals surface area contributed by atoms with E-state index in [2.05, 4.69) is 42.2 Å². The van der Waals surface area contributed by atoms with E-state index in [1.807, 2.05) is 12.3 Å². The highest BCUT2D eigenvalue weighted by Gasteiger charge is 2.45. The van der Waals surface area contributed by atoms with Gasteiger partial charge in [-0.05, 0) is 66.5 Å². The number of fused-ring (bicyclic) bond motifs is 1. The van der Waals surface area contributed by atoms with Gasteiger partial charge in [-0.1, -0.05) is 17.7 Å². The summed E-state index contributed by atoms with van der Waals surface area (Å²) in [6, 6.07) is 10.9. The highest BCUT2D eigenvalue weighted by Crippen LogP contribution is 2.51. The highest BCUT2D eigenvalue weighted by molar-refractivity contribution is 6.30. The van der Waals surface area contributed by atoms with Crippen molar-refractivity contribution in [1.82, 2.24) is 19.4 Å². The smallest absolute Gasteiger partial charge is 0.341 e. The number of carbonyl (C=O) groups excluding carboxylic acids is 1. The fraction of sp³-hybridized carbons (Fsp3) is 0.296. The number of amides is 1. The van der Waals surface area contributed by atoms with Gasteiger partial charge in [0.05, 0.1) is 12.2 Å². The molecule has 38 heavy (non-hydrogen) atoms. The summed E-state index contributed by atoms with van der Waals surface area (Å²) in [6.07, 6.45) is 8.66. The van der Waals surface area contributed by atoms with E-state index in [0.717, 1.165) is 16.9 Å². The molecule has 2 atom stereocenters. The van der Waals surface area contributed by atoms with Gasteiger partial charge in [0.15, 0.2) is 6.61 Å². The second kappa shape index (κ2) is 9.94. The molecule has 0 bridgehead atoms. The Hall–Kier alpha value is -4.18. The lowest BCUT2D eigenvalue weighted by Crippen LogP contribution is -2.16. The number of halogens is 1. The first kappa shape index (κ1) is 24.2. The number of anilines is 2. The molecule has 2 aliphatic carbocycles.